The first-order chi connectivity index (χ1) is 5.61. The Morgan fingerprint density at radius 3 is 1.08 bits per heavy atom. The first-order valence-electron chi connectivity index (χ1n) is 3.18. The smallest absolute Gasteiger partial charge is 0.414 e. The number of aliphatic carboxylic acids is 2. The van der Waals surface area contributed by atoms with Gasteiger partial charge in [0.05, 0.1) is 0 Å². The van der Waals surface area contributed by atoms with Crippen LogP contribution in [0.1, 0.15) is 0 Å². The molecule has 0 atom stereocenters. The summed E-state index contributed by atoms with van der Waals surface area (Å²) in [5.41, 5.74) is 2.85. The molecule has 0 spiro atoms. The quantitative estimate of drug-likeness (QED) is 0.568. The van der Waals surface area contributed by atoms with Gasteiger partial charge < -0.3 is 10.2 Å². The minimum atomic E-state index is -1.82. The Morgan fingerprint density at radius 2 is 1.08 bits per heavy atom. The zero-order valence-corrected chi connectivity index (χ0v) is 6.02. The first-order valence-corrected chi connectivity index (χ1v) is 3.18. The third kappa shape index (κ3) is 1.60. The Kier molecular flexibility index (Phi) is 2.09. The molecule has 2 aliphatic carbocycles. The number of carboxylic acids is 2. The number of carbonyl (C=O) groups is 2. The highest BCUT2D eigenvalue weighted by atomic mass is 16.4. The molecule has 0 aromatic carbocycles. The van der Waals surface area contributed by atoms with Gasteiger partial charge in [0.15, 0.2) is 0 Å². The molecule has 12 heavy (non-hydrogen) atoms. The lowest BCUT2D eigenvalue weighted by Gasteiger charge is -2.10. The summed E-state index contributed by atoms with van der Waals surface area (Å²) in [7, 11) is 0. The second kappa shape index (κ2) is 3.04. The van der Waals surface area contributed by atoms with Crippen LogP contribution in [0.15, 0.2) is 24.3 Å². The van der Waals surface area contributed by atoms with Crippen molar-refractivity contribution in [3.63, 3.8) is 0 Å². The van der Waals surface area contributed by atoms with Crippen LogP contribution in [0.4, 0.5) is 0 Å². The van der Waals surface area contributed by atoms with Crippen molar-refractivity contribution in [2.75, 3.05) is 0 Å². The van der Waals surface area contributed by atoms with Crippen LogP contribution in [0.5, 0.6) is 0 Å². The number of hydrogen-bond acceptors (Lipinski definition) is 2. The van der Waals surface area contributed by atoms with Gasteiger partial charge in [0, 0.05) is 0 Å². The maximum absolute atomic E-state index is 9.10. The van der Waals surface area contributed by atoms with Crippen molar-refractivity contribution in [3.05, 3.63) is 24.3 Å². The topological polar surface area (TPSA) is 74.6 Å². The summed E-state index contributed by atoms with van der Waals surface area (Å²) in [6.45, 7) is 0. The number of rotatable bonds is 0. The molecule has 2 aliphatic rings. The molecule has 0 aromatic rings. The van der Waals surface area contributed by atoms with Crippen molar-refractivity contribution >= 4 is 11.9 Å². The van der Waals surface area contributed by atoms with Gasteiger partial charge in [-0.1, -0.05) is 24.3 Å². The van der Waals surface area contributed by atoms with E-state index in [4.69, 9.17) is 19.8 Å². The number of benzene rings is 1. The van der Waals surface area contributed by atoms with Gasteiger partial charge >= 0.3 is 11.9 Å². The van der Waals surface area contributed by atoms with Gasteiger partial charge in [0.25, 0.3) is 0 Å². The Bertz CT molecular complexity index is 279. The Hall–Kier alpha value is -1.84. The van der Waals surface area contributed by atoms with Crippen LogP contribution < -0.4 is 0 Å². The molecule has 0 saturated carbocycles. The van der Waals surface area contributed by atoms with Crippen LogP contribution in [0.3, 0.4) is 0 Å². The van der Waals surface area contributed by atoms with Gasteiger partial charge in [-0.2, -0.15) is 0 Å². The van der Waals surface area contributed by atoms with E-state index < -0.39 is 11.9 Å². The van der Waals surface area contributed by atoms with E-state index in [2.05, 4.69) is 24.3 Å². The summed E-state index contributed by atoms with van der Waals surface area (Å²) in [6.07, 6.45) is 0. The standard InChI is InChI=1S/C6H4.C2H2O4/c1-2-6-4-3-5(1)6;3-1(4)2(5)6/h1-4H;(H,3,4)(H,5,6). The second-order valence-electron chi connectivity index (χ2n) is 2.19. The molecule has 0 aliphatic heterocycles. The van der Waals surface area contributed by atoms with E-state index in [0.29, 0.717) is 0 Å². The predicted molar refractivity (Wildman–Crippen MR) is 40.7 cm³/mol. The highest BCUT2D eigenvalue weighted by Crippen LogP contribution is 2.29. The van der Waals surface area contributed by atoms with Crippen molar-refractivity contribution in [3.8, 4) is 11.1 Å². The van der Waals surface area contributed by atoms with E-state index in [1.807, 2.05) is 0 Å². The lowest BCUT2D eigenvalue weighted by molar-refractivity contribution is -0.159. The third-order valence-corrected chi connectivity index (χ3v) is 1.40. The average Bonchev–Trinajstić information content (AvgIpc) is 1.97. The minimum absolute atomic E-state index is 1.43. The van der Waals surface area contributed by atoms with E-state index in [1.54, 1.807) is 0 Å². The van der Waals surface area contributed by atoms with Crippen molar-refractivity contribution < 1.29 is 19.8 Å². The van der Waals surface area contributed by atoms with E-state index in [-0.39, 0.29) is 0 Å². The third-order valence-electron chi connectivity index (χ3n) is 1.40. The maximum atomic E-state index is 9.10. The molecule has 0 saturated heterocycles. The molecular weight excluding hydrogens is 160 g/mol. The number of hydrogen-bond donors (Lipinski definition) is 2. The summed E-state index contributed by atoms with van der Waals surface area (Å²) >= 11 is 0. The van der Waals surface area contributed by atoms with Crippen molar-refractivity contribution in [2.24, 2.45) is 0 Å². The first kappa shape index (κ1) is 8.26. The maximum Gasteiger partial charge on any atom is 0.414 e. The van der Waals surface area contributed by atoms with E-state index in [0.717, 1.165) is 0 Å². The zero-order valence-electron chi connectivity index (χ0n) is 6.02. The van der Waals surface area contributed by atoms with Gasteiger partial charge in [-0.15, -0.1) is 0 Å². The second-order valence-corrected chi connectivity index (χ2v) is 2.19. The fourth-order valence-corrected chi connectivity index (χ4v) is 0.663. The lowest BCUT2D eigenvalue weighted by atomic mass is 9.95. The molecule has 0 aromatic heterocycles. The monoisotopic (exact) mass is 166 g/mol. The predicted octanol–water partition coefficient (Wildman–Crippen LogP) is 0.823. The van der Waals surface area contributed by atoms with Crippen LogP contribution in [0.2, 0.25) is 0 Å². The lowest BCUT2D eigenvalue weighted by Crippen LogP contribution is -2.09. The Morgan fingerprint density at radius 1 is 0.833 bits per heavy atom. The molecule has 0 amide bonds. The fourth-order valence-electron chi connectivity index (χ4n) is 0.663. The highest BCUT2D eigenvalue weighted by molar-refractivity contribution is 6.27. The molecule has 4 nitrogen and oxygen atoms in total. The van der Waals surface area contributed by atoms with Gasteiger partial charge in [-0.3, -0.25) is 0 Å². The van der Waals surface area contributed by atoms with Crippen LogP contribution >= 0.6 is 0 Å². The van der Waals surface area contributed by atoms with E-state index in [1.165, 1.54) is 11.1 Å². The molecule has 4 heteroatoms. The van der Waals surface area contributed by atoms with Gasteiger partial charge in [0.2, 0.25) is 0 Å². The van der Waals surface area contributed by atoms with Crippen molar-refractivity contribution in [1.82, 2.24) is 0 Å². The minimum Gasteiger partial charge on any atom is -0.473 e. The molecule has 0 radical (unpaired) electrons. The summed E-state index contributed by atoms with van der Waals surface area (Å²) in [4.78, 5) is 18.2. The summed E-state index contributed by atoms with van der Waals surface area (Å²) in [5.74, 6) is -3.65. The molecule has 2 N–H and O–H groups in total. The van der Waals surface area contributed by atoms with Crippen molar-refractivity contribution in [1.29, 1.82) is 0 Å². The van der Waals surface area contributed by atoms with Gasteiger partial charge in [-0.25, -0.2) is 9.59 Å². The Labute approximate surface area is 68.1 Å². The normalized spacial score (nSPS) is 9.33. The largest absolute Gasteiger partial charge is 0.473 e. The number of carboxylic acid groups (broad SMARTS) is 2. The van der Waals surface area contributed by atoms with Gasteiger partial charge in [0.1, 0.15) is 0 Å². The molecule has 0 unspecified atom stereocenters. The van der Waals surface area contributed by atoms with Crippen LogP contribution in [0.25, 0.3) is 11.1 Å². The Balaban J connectivity index is 0.000000120. The molecule has 0 fully saturated rings. The molecule has 0 heterocycles. The molecule has 2 rings (SSSR count). The SMILES string of the molecule is O=C(O)C(=O)O.c1cc2ccc1-2. The highest BCUT2D eigenvalue weighted by Gasteiger charge is 2.04. The van der Waals surface area contributed by atoms with Crippen LogP contribution in [0, 0.1) is 0 Å². The van der Waals surface area contributed by atoms with Gasteiger partial charge in [-0.05, 0) is 11.1 Å². The summed E-state index contributed by atoms with van der Waals surface area (Å²) < 4.78 is 0. The molecule has 0 bridgehead atoms. The molecular formula is C8H6O4. The van der Waals surface area contributed by atoms with Crippen LogP contribution in [-0.2, 0) is 9.59 Å². The fraction of sp³-hybridized carbons (Fsp3) is 0. The molecule has 62 valence electrons. The van der Waals surface area contributed by atoms with E-state index >= 15 is 0 Å². The summed E-state index contributed by atoms with van der Waals surface area (Å²) in [6, 6.07) is 8.48. The zero-order chi connectivity index (χ0) is 9.14. The number of fused-ring (bicyclic) bond motifs is 1. The average molecular weight is 166 g/mol. The van der Waals surface area contributed by atoms with Crippen molar-refractivity contribution in [2.45, 2.75) is 0 Å². The summed E-state index contributed by atoms with van der Waals surface area (Å²) in [5, 5.41) is 14.8. The van der Waals surface area contributed by atoms with E-state index in [9.17, 15) is 0 Å². The van der Waals surface area contributed by atoms with Crippen LogP contribution in [-0.4, -0.2) is 22.2 Å².